The van der Waals surface area contributed by atoms with Gasteiger partial charge in [-0.05, 0) is 38.5 Å². The van der Waals surface area contributed by atoms with E-state index in [9.17, 15) is 13.2 Å². The second kappa shape index (κ2) is 6.55. The highest BCUT2D eigenvalue weighted by atomic mass is 32.2. The third-order valence-electron chi connectivity index (χ3n) is 2.80. The molecule has 1 aromatic carbocycles. The molecule has 0 unspecified atom stereocenters. The van der Waals surface area contributed by atoms with Crippen LogP contribution in [0, 0.1) is 6.92 Å². The molecule has 0 heterocycles. The quantitative estimate of drug-likeness (QED) is 0.721. The molecular formula is C14H23N3O3S. The second-order valence-electron chi connectivity index (χ2n) is 5.65. The number of carbonyl (C=O) groups excluding carboxylic acids is 1. The van der Waals surface area contributed by atoms with Gasteiger partial charge in [0.15, 0.2) is 0 Å². The van der Waals surface area contributed by atoms with Crippen LogP contribution in [0.2, 0.25) is 0 Å². The van der Waals surface area contributed by atoms with Crippen LogP contribution in [-0.2, 0) is 10.0 Å². The van der Waals surface area contributed by atoms with Gasteiger partial charge in [0, 0.05) is 24.2 Å². The smallest absolute Gasteiger partial charge is 0.251 e. The summed E-state index contributed by atoms with van der Waals surface area (Å²) in [4.78, 5) is 12.2. The van der Waals surface area contributed by atoms with Crippen LogP contribution >= 0.6 is 0 Å². The van der Waals surface area contributed by atoms with Gasteiger partial charge in [0.2, 0.25) is 10.0 Å². The van der Waals surface area contributed by atoms with E-state index >= 15 is 0 Å². The molecule has 0 aliphatic heterocycles. The van der Waals surface area contributed by atoms with Crippen molar-refractivity contribution in [2.24, 2.45) is 5.73 Å². The Morgan fingerprint density at radius 1 is 1.33 bits per heavy atom. The van der Waals surface area contributed by atoms with Crippen LogP contribution in [0.4, 0.5) is 0 Å². The maximum absolute atomic E-state index is 12.2. The zero-order chi connectivity index (χ0) is 16.3. The van der Waals surface area contributed by atoms with Crippen molar-refractivity contribution in [2.45, 2.75) is 38.1 Å². The van der Waals surface area contributed by atoms with Crippen LogP contribution in [0.25, 0.3) is 0 Å². The fourth-order valence-electron chi connectivity index (χ4n) is 1.69. The lowest BCUT2D eigenvalue weighted by molar-refractivity contribution is 0.0945. The number of benzene rings is 1. The lowest BCUT2D eigenvalue weighted by Crippen LogP contribution is -2.45. The third kappa shape index (κ3) is 5.11. The van der Waals surface area contributed by atoms with E-state index in [1.807, 2.05) is 0 Å². The number of nitrogens with one attached hydrogen (secondary N) is 2. The molecule has 1 aromatic rings. The SMILES string of the molecule is CCNS(=O)(=O)c1ccc(C)c(C(=O)NCC(C)(C)N)c1. The van der Waals surface area contributed by atoms with Crippen molar-refractivity contribution < 1.29 is 13.2 Å². The molecule has 0 aliphatic rings. The highest BCUT2D eigenvalue weighted by Crippen LogP contribution is 2.15. The summed E-state index contributed by atoms with van der Waals surface area (Å²) in [5.41, 5.74) is 6.33. The predicted octanol–water partition coefficient (Wildman–Crippen LogP) is 0.760. The Morgan fingerprint density at radius 3 is 2.48 bits per heavy atom. The van der Waals surface area contributed by atoms with Crippen molar-refractivity contribution >= 4 is 15.9 Å². The minimum Gasteiger partial charge on any atom is -0.350 e. The number of sulfonamides is 1. The van der Waals surface area contributed by atoms with Gasteiger partial charge in [0.1, 0.15) is 0 Å². The zero-order valence-electron chi connectivity index (χ0n) is 12.9. The molecule has 0 saturated carbocycles. The average Bonchev–Trinajstić information content (AvgIpc) is 2.35. The number of hydrogen-bond acceptors (Lipinski definition) is 4. The molecule has 0 saturated heterocycles. The van der Waals surface area contributed by atoms with Crippen LogP contribution in [0.15, 0.2) is 23.1 Å². The van der Waals surface area contributed by atoms with Crippen molar-refractivity contribution in [3.05, 3.63) is 29.3 Å². The summed E-state index contributed by atoms with van der Waals surface area (Å²) < 4.78 is 26.3. The highest BCUT2D eigenvalue weighted by Gasteiger charge is 2.18. The molecule has 0 bridgehead atoms. The molecule has 0 aromatic heterocycles. The fourth-order valence-corrected chi connectivity index (χ4v) is 2.76. The van der Waals surface area contributed by atoms with Gasteiger partial charge < -0.3 is 11.1 Å². The second-order valence-corrected chi connectivity index (χ2v) is 7.42. The summed E-state index contributed by atoms with van der Waals surface area (Å²) in [7, 11) is -3.58. The maximum atomic E-state index is 12.2. The first-order valence-corrected chi connectivity index (χ1v) is 8.22. The van der Waals surface area contributed by atoms with E-state index in [4.69, 9.17) is 5.73 Å². The zero-order valence-corrected chi connectivity index (χ0v) is 13.7. The standard InChI is InChI=1S/C14H23N3O3S/c1-5-17-21(19,20)11-7-6-10(2)12(8-11)13(18)16-9-14(3,4)15/h6-8,17H,5,9,15H2,1-4H3,(H,16,18). The predicted molar refractivity (Wildman–Crippen MR) is 82.6 cm³/mol. The molecule has 0 aliphatic carbocycles. The molecule has 0 spiro atoms. The number of nitrogens with two attached hydrogens (primary N) is 1. The van der Waals surface area contributed by atoms with E-state index in [0.717, 1.165) is 0 Å². The summed E-state index contributed by atoms with van der Waals surface area (Å²) in [5, 5.41) is 2.71. The van der Waals surface area contributed by atoms with Gasteiger partial charge in [-0.15, -0.1) is 0 Å². The molecule has 0 fully saturated rings. The summed E-state index contributed by atoms with van der Waals surface area (Å²) in [6.45, 7) is 7.64. The van der Waals surface area contributed by atoms with E-state index < -0.39 is 15.6 Å². The first-order valence-electron chi connectivity index (χ1n) is 6.74. The minimum absolute atomic E-state index is 0.0760. The van der Waals surface area contributed by atoms with Gasteiger partial charge in [-0.3, -0.25) is 4.79 Å². The van der Waals surface area contributed by atoms with Crippen LogP contribution in [-0.4, -0.2) is 33.0 Å². The number of carbonyl (C=O) groups is 1. The van der Waals surface area contributed by atoms with Crippen LogP contribution < -0.4 is 15.8 Å². The lowest BCUT2D eigenvalue weighted by Gasteiger charge is -2.19. The molecule has 21 heavy (non-hydrogen) atoms. The Balaban J connectivity index is 3.06. The molecule has 1 amide bonds. The van der Waals surface area contributed by atoms with Crippen molar-refractivity contribution in [2.75, 3.05) is 13.1 Å². The molecule has 0 atom stereocenters. The van der Waals surface area contributed by atoms with Crippen molar-refractivity contribution in [1.82, 2.24) is 10.0 Å². The van der Waals surface area contributed by atoms with Crippen LogP contribution in [0.1, 0.15) is 36.7 Å². The van der Waals surface area contributed by atoms with Crippen LogP contribution in [0.3, 0.4) is 0 Å². The van der Waals surface area contributed by atoms with Crippen LogP contribution in [0.5, 0.6) is 0 Å². The summed E-state index contributed by atoms with van der Waals surface area (Å²) in [5.74, 6) is -0.334. The maximum Gasteiger partial charge on any atom is 0.251 e. The Morgan fingerprint density at radius 2 is 1.95 bits per heavy atom. The Bertz CT molecular complexity index is 619. The van der Waals surface area contributed by atoms with E-state index in [-0.39, 0.29) is 10.8 Å². The monoisotopic (exact) mass is 313 g/mol. The molecular weight excluding hydrogens is 290 g/mol. The Kier molecular flexibility index (Phi) is 5.49. The van der Waals surface area contributed by atoms with Gasteiger partial charge in [-0.25, -0.2) is 13.1 Å². The Labute approximate surface area is 126 Å². The first kappa shape index (κ1) is 17.6. The minimum atomic E-state index is -3.58. The van der Waals surface area contributed by atoms with Gasteiger partial charge in [-0.1, -0.05) is 13.0 Å². The van der Waals surface area contributed by atoms with E-state index in [0.29, 0.717) is 24.2 Å². The average molecular weight is 313 g/mol. The van der Waals surface area contributed by atoms with Crippen molar-refractivity contribution in [1.29, 1.82) is 0 Å². The fraction of sp³-hybridized carbons (Fsp3) is 0.500. The number of rotatable bonds is 6. The largest absolute Gasteiger partial charge is 0.350 e. The van der Waals surface area contributed by atoms with E-state index in [2.05, 4.69) is 10.0 Å². The summed E-state index contributed by atoms with van der Waals surface area (Å²) in [6, 6.07) is 4.48. The molecule has 4 N–H and O–H groups in total. The summed E-state index contributed by atoms with van der Waals surface area (Å²) in [6.07, 6.45) is 0. The lowest BCUT2D eigenvalue weighted by atomic mass is 10.1. The van der Waals surface area contributed by atoms with Gasteiger partial charge in [-0.2, -0.15) is 0 Å². The normalized spacial score (nSPS) is 12.2. The van der Waals surface area contributed by atoms with Gasteiger partial charge in [0.25, 0.3) is 5.91 Å². The highest BCUT2D eigenvalue weighted by molar-refractivity contribution is 7.89. The number of aryl methyl sites for hydroxylation is 1. The molecule has 118 valence electrons. The van der Waals surface area contributed by atoms with Crippen molar-refractivity contribution in [3.63, 3.8) is 0 Å². The summed E-state index contributed by atoms with van der Waals surface area (Å²) >= 11 is 0. The molecule has 6 nitrogen and oxygen atoms in total. The Hall–Kier alpha value is -1.44. The molecule has 7 heteroatoms. The van der Waals surface area contributed by atoms with E-state index in [1.165, 1.54) is 12.1 Å². The number of hydrogen-bond donors (Lipinski definition) is 3. The topological polar surface area (TPSA) is 101 Å². The third-order valence-corrected chi connectivity index (χ3v) is 4.35. The van der Waals surface area contributed by atoms with Gasteiger partial charge in [0.05, 0.1) is 4.90 Å². The van der Waals surface area contributed by atoms with Crippen molar-refractivity contribution in [3.8, 4) is 0 Å². The first-order chi connectivity index (χ1) is 9.57. The number of amides is 1. The van der Waals surface area contributed by atoms with Gasteiger partial charge >= 0.3 is 0 Å². The van der Waals surface area contributed by atoms with E-state index in [1.54, 1.807) is 33.8 Å². The molecule has 0 radical (unpaired) electrons. The molecule has 1 rings (SSSR count).